The third kappa shape index (κ3) is 6.17. The molecule has 212 valence electrons. The minimum atomic E-state index is -5.36. The van der Waals surface area contributed by atoms with Gasteiger partial charge in [0, 0.05) is 5.56 Å². The largest absolute Gasteiger partial charge is 0.444 e. The Morgan fingerprint density at radius 1 is 0.692 bits per heavy atom. The molecule has 0 saturated carbocycles. The van der Waals surface area contributed by atoms with Crippen LogP contribution in [0.15, 0.2) is 59.5 Å². The molecule has 0 bridgehead atoms. The van der Waals surface area contributed by atoms with Crippen LogP contribution in [0.25, 0.3) is 11.1 Å². The van der Waals surface area contributed by atoms with Crippen molar-refractivity contribution in [1.29, 1.82) is 0 Å². The van der Waals surface area contributed by atoms with Crippen molar-refractivity contribution in [2.75, 3.05) is 4.08 Å². The standard InChI is InChI=1S/C31H42NO5PS/c1-19(2)24-12-10-13-25(20(3)4)30(24)28-18-23(9)16-17-29(28)39(36,37)32(38(33,34)35)31-26(21(5)6)14-11-15-27(31)22(7)8/h10-22H,1-9H3,(H2,33,34,35). The molecule has 0 heterocycles. The van der Waals surface area contributed by atoms with Crippen molar-refractivity contribution in [2.24, 2.45) is 0 Å². The summed E-state index contributed by atoms with van der Waals surface area (Å²) in [4.78, 5) is 21.3. The van der Waals surface area contributed by atoms with E-state index in [-0.39, 0.29) is 34.3 Å². The predicted octanol–water partition coefficient (Wildman–Crippen LogP) is 8.44. The lowest BCUT2D eigenvalue weighted by molar-refractivity contribution is 0.374. The second-order valence-electron chi connectivity index (χ2n) is 11.5. The fourth-order valence-corrected chi connectivity index (χ4v) is 8.33. The van der Waals surface area contributed by atoms with Crippen molar-refractivity contribution >= 4 is 23.5 Å². The predicted molar refractivity (Wildman–Crippen MR) is 161 cm³/mol. The number of hydrogen-bond acceptors (Lipinski definition) is 3. The summed E-state index contributed by atoms with van der Waals surface area (Å²) in [7, 11) is -10.1. The molecule has 0 saturated heterocycles. The second-order valence-corrected chi connectivity index (χ2v) is 14.9. The van der Waals surface area contributed by atoms with E-state index in [1.54, 1.807) is 18.2 Å². The number of benzene rings is 3. The van der Waals surface area contributed by atoms with Crippen molar-refractivity contribution in [3.63, 3.8) is 0 Å². The molecule has 2 N–H and O–H groups in total. The fourth-order valence-electron chi connectivity index (χ4n) is 5.14. The molecule has 0 aliphatic rings. The Hall–Kier alpha value is -2.44. The molecule has 0 unspecified atom stereocenters. The van der Waals surface area contributed by atoms with Crippen LogP contribution in [0.5, 0.6) is 0 Å². The first-order chi connectivity index (χ1) is 18.0. The first kappa shape index (κ1) is 31.1. The molecule has 0 aliphatic carbocycles. The van der Waals surface area contributed by atoms with Crippen molar-refractivity contribution in [1.82, 2.24) is 0 Å². The minimum Gasteiger partial charge on any atom is -0.307 e. The summed E-state index contributed by atoms with van der Waals surface area (Å²) in [6.07, 6.45) is 0. The molecule has 8 heteroatoms. The van der Waals surface area contributed by atoms with E-state index >= 15 is 0 Å². The lowest BCUT2D eigenvalue weighted by atomic mass is 9.84. The Labute approximate surface area is 234 Å². The topological polar surface area (TPSA) is 94.9 Å². The first-order valence-corrected chi connectivity index (χ1v) is 16.5. The van der Waals surface area contributed by atoms with Gasteiger partial charge in [0.25, 0.3) is 10.0 Å². The van der Waals surface area contributed by atoms with Crippen LogP contribution in [0.1, 0.15) is 107 Å². The van der Waals surface area contributed by atoms with Crippen LogP contribution >= 0.6 is 7.75 Å². The highest BCUT2D eigenvalue weighted by atomic mass is 32.2. The Balaban J connectivity index is 2.51. The summed E-state index contributed by atoms with van der Waals surface area (Å²) in [5, 5.41) is 0. The SMILES string of the molecule is Cc1ccc(S(=O)(=O)N(c2c(C(C)C)cccc2C(C)C)P(=O)(O)O)c(-c2c(C(C)C)cccc2C(C)C)c1. The Morgan fingerprint density at radius 3 is 1.49 bits per heavy atom. The molecule has 0 amide bonds. The molecular formula is C31H42NO5PS. The van der Waals surface area contributed by atoms with E-state index in [1.165, 1.54) is 6.07 Å². The lowest BCUT2D eigenvalue weighted by Gasteiger charge is -2.32. The summed E-state index contributed by atoms with van der Waals surface area (Å²) in [5.74, 6) is -0.145. The van der Waals surface area contributed by atoms with Crippen LogP contribution in [0.3, 0.4) is 0 Å². The molecule has 0 aliphatic heterocycles. The summed E-state index contributed by atoms with van der Waals surface area (Å²) < 4.78 is 42.8. The molecule has 0 radical (unpaired) electrons. The van der Waals surface area contributed by atoms with Gasteiger partial charge in [-0.05, 0) is 64.5 Å². The maximum Gasteiger partial charge on any atom is 0.444 e. The number of aryl methyl sites for hydroxylation is 1. The fraction of sp³-hybridized carbons (Fsp3) is 0.419. The average Bonchev–Trinajstić information content (AvgIpc) is 2.81. The van der Waals surface area contributed by atoms with Gasteiger partial charge < -0.3 is 9.79 Å². The number of rotatable bonds is 9. The van der Waals surface area contributed by atoms with Crippen LogP contribution in [0.2, 0.25) is 0 Å². The molecule has 6 nitrogen and oxygen atoms in total. The van der Waals surface area contributed by atoms with Gasteiger partial charge in [0.2, 0.25) is 0 Å². The molecule has 3 rings (SSSR count). The highest BCUT2D eigenvalue weighted by Gasteiger charge is 2.43. The molecule has 3 aromatic carbocycles. The minimum absolute atomic E-state index is 0.0589. The van der Waals surface area contributed by atoms with E-state index in [9.17, 15) is 22.8 Å². The highest BCUT2D eigenvalue weighted by molar-refractivity contribution is 7.99. The zero-order valence-electron chi connectivity index (χ0n) is 24.4. The van der Waals surface area contributed by atoms with Gasteiger partial charge in [-0.25, -0.2) is 13.0 Å². The van der Waals surface area contributed by atoms with Gasteiger partial charge in [-0.1, -0.05) is 109 Å². The third-order valence-corrected chi connectivity index (χ3v) is 10.6. The van der Waals surface area contributed by atoms with Crippen molar-refractivity contribution < 1.29 is 22.8 Å². The number of para-hydroxylation sites is 1. The Kier molecular flexibility index (Phi) is 9.23. The quantitative estimate of drug-likeness (QED) is 0.251. The third-order valence-electron chi connectivity index (χ3n) is 7.05. The Bertz CT molecular complexity index is 1450. The van der Waals surface area contributed by atoms with Crippen LogP contribution < -0.4 is 4.08 Å². The maximum atomic E-state index is 14.6. The summed E-state index contributed by atoms with van der Waals surface area (Å²) >= 11 is 0. The van der Waals surface area contributed by atoms with Gasteiger partial charge in [0.15, 0.2) is 0 Å². The van der Waals surface area contributed by atoms with Gasteiger partial charge in [-0.15, -0.1) is 0 Å². The number of nitrogens with zero attached hydrogens (tertiary/aromatic N) is 1. The van der Waals surface area contributed by atoms with Crippen molar-refractivity contribution in [2.45, 2.75) is 90.9 Å². The van der Waals surface area contributed by atoms with Crippen LogP contribution in [0, 0.1) is 6.92 Å². The van der Waals surface area contributed by atoms with E-state index in [4.69, 9.17) is 0 Å². The van der Waals surface area contributed by atoms with Crippen LogP contribution in [-0.4, -0.2) is 18.2 Å². The van der Waals surface area contributed by atoms with E-state index in [2.05, 4.69) is 27.7 Å². The van der Waals surface area contributed by atoms with E-state index in [0.717, 1.165) is 22.3 Å². The van der Waals surface area contributed by atoms with Crippen molar-refractivity contribution in [3.05, 3.63) is 82.4 Å². The number of sulfonamides is 1. The van der Waals surface area contributed by atoms with E-state index < -0.39 is 17.8 Å². The molecule has 39 heavy (non-hydrogen) atoms. The van der Waals surface area contributed by atoms with Gasteiger partial charge in [0.05, 0.1) is 10.6 Å². The number of anilines is 1. The van der Waals surface area contributed by atoms with Crippen LogP contribution in [-0.2, 0) is 14.6 Å². The molecule has 0 spiro atoms. The van der Waals surface area contributed by atoms with E-state index in [1.807, 2.05) is 65.0 Å². The molecule has 3 aromatic rings. The molecular weight excluding hydrogens is 529 g/mol. The first-order valence-electron chi connectivity index (χ1n) is 13.5. The number of hydrogen-bond donors (Lipinski definition) is 2. The van der Waals surface area contributed by atoms with E-state index in [0.29, 0.717) is 20.8 Å². The smallest absolute Gasteiger partial charge is 0.307 e. The monoisotopic (exact) mass is 571 g/mol. The summed E-state index contributed by atoms with van der Waals surface area (Å²) in [5.41, 5.74) is 5.26. The zero-order chi connectivity index (χ0) is 29.4. The summed E-state index contributed by atoms with van der Waals surface area (Å²) in [6, 6.07) is 16.2. The molecule has 0 atom stereocenters. The van der Waals surface area contributed by atoms with Gasteiger partial charge in [-0.2, -0.15) is 4.08 Å². The normalized spacial score (nSPS) is 12.7. The summed E-state index contributed by atoms with van der Waals surface area (Å²) in [6.45, 7) is 17.7. The lowest BCUT2D eigenvalue weighted by Crippen LogP contribution is -2.31. The van der Waals surface area contributed by atoms with Crippen molar-refractivity contribution in [3.8, 4) is 11.1 Å². The maximum absolute atomic E-state index is 14.6. The van der Waals surface area contributed by atoms with Gasteiger partial charge in [-0.3, -0.25) is 0 Å². The molecule has 0 aromatic heterocycles. The second kappa shape index (κ2) is 11.6. The molecule has 0 fully saturated rings. The van der Waals surface area contributed by atoms with Gasteiger partial charge >= 0.3 is 7.75 Å². The zero-order valence-corrected chi connectivity index (χ0v) is 26.1. The average molecular weight is 572 g/mol. The highest BCUT2D eigenvalue weighted by Crippen LogP contribution is 2.53. The van der Waals surface area contributed by atoms with Crippen LogP contribution in [0.4, 0.5) is 5.69 Å². The van der Waals surface area contributed by atoms with Gasteiger partial charge in [0.1, 0.15) is 0 Å². The Morgan fingerprint density at radius 2 is 1.10 bits per heavy atom.